The standard InChI is InChI=1S/C25H23N3O3/c1-30-25(29)21-15-23(28-24(16-21)27-22-10-13-31-14-11-22)20-8-6-18(7-9-20)4-5-19-3-2-12-26-17-19/h2-3,6-9,12,15-17,22H,10-11,13-14H2,1H3,(H,27,28). The Hall–Kier alpha value is -3.69. The van der Waals surface area contributed by atoms with Gasteiger partial charge in [0.15, 0.2) is 0 Å². The van der Waals surface area contributed by atoms with Crippen LogP contribution in [0.25, 0.3) is 11.3 Å². The Labute approximate surface area is 181 Å². The van der Waals surface area contributed by atoms with Crippen molar-refractivity contribution in [2.75, 3.05) is 25.6 Å². The van der Waals surface area contributed by atoms with E-state index in [-0.39, 0.29) is 6.04 Å². The van der Waals surface area contributed by atoms with E-state index in [4.69, 9.17) is 14.5 Å². The minimum atomic E-state index is -0.391. The van der Waals surface area contributed by atoms with Crippen LogP contribution in [0.5, 0.6) is 0 Å². The maximum Gasteiger partial charge on any atom is 0.338 e. The van der Waals surface area contributed by atoms with Crippen LogP contribution in [-0.2, 0) is 9.47 Å². The van der Waals surface area contributed by atoms with Crippen molar-refractivity contribution in [2.45, 2.75) is 18.9 Å². The fraction of sp³-hybridized carbons (Fsp3) is 0.240. The van der Waals surface area contributed by atoms with Gasteiger partial charge in [0.1, 0.15) is 5.82 Å². The SMILES string of the molecule is COC(=O)c1cc(NC2CCOCC2)nc(-c2ccc(C#Cc3cccnc3)cc2)c1. The lowest BCUT2D eigenvalue weighted by Crippen LogP contribution is -2.28. The highest BCUT2D eigenvalue weighted by molar-refractivity contribution is 5.91. The first kappa shape index (κ1) is 20.6. The molecule has 6 nitrogen and oxygen atoms in total. The summed E-state index contributed by atoms with van der Waals surface area (Å²) in [6.45, 7) is 1.45. The van der Waals surface area contributed by atoms with Crippen LogP contribution in [0, 0.1) is 11.8 Å². The van der Waals surface area contributed by atoms with Crippen molar-refractivity contribution in [3.8, 4) is 23.1 Å². The Morgan fingerprint density at radius 2 is 1.87 bits per heavy atom. The third kappa shape index (κ3) is 5.47. The Kier molecular flexibility index (Phi) is 6.56. The van der Waals surface area contributed by atoms with Crippen LogP contribution in [0.1, 0.15) is 34.3 Å². The minimum Gasteiger partial charge on any atom is -0.465 e. The summed E-state index contributed by atoms with van der Waals surface area (Å²) in [6.07, 6.45) is 5.27. The molecular formula is C25H23N3O3. The van der Waals surface area contributed by atoms with E-state index in [0.29, 0.717) is 17.1 Å². The first-order valence-corrected chi connectivity index (χ1v) is 10.2. The molecule has 0 bridgehead atoms. The van der Waals surface area contributed by atoms with Crippen LogP contribution in [0.15, 0.2) is 60.9 Å². The average molecular weight is 413 g/mol. The predicted molar refractivity (Wildman–Crippen MR) is 119 cm³/mol. The molecule has 1 saturated heterocycles. The van der Waals surface area contributed by atoms with E-state index < -0.39 is 5.97 Å². The normalized spacial score (nSPS) is 13.7. The number of carbonyl (C=O) groups excluding carboxylic acids is 1. The summed E-state index contributed by atoms with van der Waals surface area (Å²) in [4.78, 5) is 21.0. The molecule has 31 heavy (non-hydrogen) atoms. The van der Waals surface area contributed by atoms with Gasteiger partial charge in [-0.15, -0.1) is 0 Å². The minimum absolute atomic E-state index is 0.270. The van der Waals surface area contributed by atoms with Gasteiger partial charge in [-0.25, -0.2) is 9.78 Å². The lowest BCUT2D eigenvalue weighted by atomic mass is 10.1. The summed E-state index contributed by atoms with van der Waals surface area (Å²) in [7, 11) is 1.38. The average Bonchev–Trinajstić information content (AvgIpc) is 2.83. The number of nitrogens with zero attached hydrogens (tertiary/aromatic N) is 2. The lowest BCUT2D eigenvalue weighted by molar-refractivity contribution is 0.0600. The quantitative estimate of drug-likeness (QED) is 0.516. The molecule has 0 atom stereocenters. The molecule has 2 aromatic heterocycles. The van der Waals surface area contributed by atoms with Gasteiger partial charge in [-0.1, -0.05) is 24.0 Å². The number of hydrogen-bond donors (Lipinski definition) is 1. The van der Waals surface area contributed by atoms with Crippen LogP contribution >= 0.6 is 0 Å². The zero-order valence-electron chi connectivity index (χ0n) is 17.3. The molecule has 0 radical (unpaired) electrons. The number of nitrogens with one attached hydrogen (secondary N) is 1. The molecule has 1 aliphatic heterocycles. The van der Waals surface area contributed by atoms with Crippen LogP contribution < -0.4 is 5.32 Å². The Morgan fingerprint density at radius 1 is 1.10 bits per heavy atom. The number of hydrogen-bond acceptors (Lipinski definition) is 6. The van der Waals surface area contributed by atoms with Crippen molar-refractivity contribution >= 4 is 11.8 Å². The molecule has 1 aromatic carbocycles. The molecule has 1 aliphatic rings. The molecule has 6 heteroatoms. The molecule has 3 heterocycles. The maximum absolute atomic E-state index is 12.2. The van der Waals surface area contributed by atoms with Gasteiger partial charge in [-0.2, -0.15) is 0 Å². The molecule has 4 rings (SSSR count). The third-order valence-electron chi connectivity index (χ3n) is 5.01. The molecule has 156 valence electrons. The van der Waals surface area contributed by atoms with Crippen LogP contribution in [-0.4, -0.2) is 42.3 Å². The van der Waals surface area contributed by atoms with Gasteiger partial charge in [-0.3, -0.25) is 4.98 Å². The van der Waals surface area contributed by atoms with E-state index >= 15 is 0 Å². The number of carbonyl (C=O) groups is 1. The summed E-state index contributed by atoms with van der Waals surface area (Å²) in [5.74, 6) is 6.50. The predicted octanol–water partition coefficient (Wildman–Crippen LogP) is 3.92. The van der Waals surface area contributed by atoms with Gasteiger partial charge < -0.3 is 14.8 Å². The number of esters is 1. The summed E-state index contributed by atoms with van der Waals surface area (Å²) in [5.41, 5.74) is 3.81. The zero-order valence-corrected chi connectivity index (χ0v) is 17.3. The first-order chi connectivity index (χ1) is 15.2. The number of rotatable bonds is 4. The topological polar surface area (TPSA) is 73.3 Å². The second-order valence-corrected chi connectivity index (χ2v) is 7.22. The van der Waals surface area contributed by atoms with Gasteiger partial charge in [0.05, 0.1) is 18.4 Å². The van der Waals surface area contributed by atoms with Gasteiger partial charge in [0.25, 0.3) is 0 Å². The summed E-state index contributed by atoms with van der Waals surface area (Å²) >= 11 is 0. The molecule has 0 spiro atoms. The Balaban J connectivity index is 1.59. The van der Waals surface area contributed by atoms with Gasteiger partial charge in [-0.05, 0) is 49.2 Å². The summed E-state index contributed by atoms with van der Waals surface area (Å²) < 4.78 is 10.3. The highest BCUT2D eigenvalue weighted by Gasteiger charge is 2.17. The molecule has 0 amide bonds. The van der Waals surface area contributed by atoms with E-state index in [2.05, 4.69) is 22.1 Å². The van der Waals surface area contributed by atoms with Gasteiger partial charge in [0.2, 0.25) is 0 Å². The van der Waals surface area contributed by atoms with E-state index in [9.17, 15) is 4.79 Å². The summed E-state index contributed by atoms with van der Waals surface area (Å²) in [6, 6.07) is 15.3. The number of benzene rings is 1. The Bertz CT molecular complexity index is 1100. The Morgan fingerprint density at radius 3 is 2.58 bits per heavy atom. The highest BCUT2D eigenvalue weighted by Crippen LogP contribution is 2.24. The second kappa shape index (κ2) is 9.88. The molecule has 1 fully saturated rings. The smallest absolute Gasteiger partial charge is 0.338 e. The molecule has 0 unspecified atom stereocenters. The number of anilines is 1. The summed E-state index contributed by atoms with van der Waals surface area (Å²) in [5, 5.41) is 3.43. The van der Waals surface area contributed by atoms with E-state index in [0.717, 1.165) is 42.7 Å². The van der Waals surface area contributed by atoms with Crippen LogP contribution in [0.3, 0.4) is 0 Å². The lowest BCUT2D eigenvalue weighted by Gasteiger charge is -2.24. The number of methoxy groups -OCH3 is 1. The van der Waals surface area contributed by atoms with Gasteiger partial charge in [0, 0.05) is 48.3 Å². The van der Waals surface area contributed by atoms with E-state index in [1.54, 1.807) is 24.5 Å². The van der Waals surface area contributed by atoms with Gasteiger partial charge >= 0.3 is 5.97 Å². The van der Waals surface area contributed by atoms with Crippen molar-refractivity contribution in [3.63, 3.8) is 0 Å². The molecule has 0 saturated carbocycles. The second-order valence-electron chi connectivity index (χ2n) is 7.22. The number of aromatic nitrogens is 2. The number of pyridine rings is 2. The third-order valence-corrected chi connectivity index (χ3v) is 5.01. The van der Waals surface area contributed by atoms with Crippen LogP contribution in [0.2, 0.25) is 0 Å². The molecule has 0 aliphatic carbocycles. The van der Waals surface area contributed by atoms with E-state index in [1.807, 2.05) is 36.4 Å². The maximum atomic E-state index is 12.2. The first-order valence-electron chi connectivity index (χ1n) is 10.2. The molecule has 1 N–H and O–H groups in total. The fourth-order valence-electron chi connectivity index (χ4n) is 3.34. The largest absolute Gasteiger partial charge is 0.465 e. The molecule has 3 aromatic rings. The highest BCUT2D eigenvalue weighted by atomic mass is 16.5. The van der Waals surface area contributed by atoms with Crippen LogP contribution in [0.4, 0.5) is 5.82 Å². The molecular weight excluding hydrogens is 390 g/mol. The number of ether oxygens (including phenoxy) is 2. The van der Waals surface area contributed by atoms with Crippen molar-refractivity contribution in [1.29, 1.82) is 0 Å². The van der Waals surface area contributed by atoms with Crippen molar-refractivity contribution < 1.29 is 14.3 Å². The monoisotopic (exact) mass is 413 g/mol. The van der Waals surface area contributed by atoms with Crippen molar-refractivity contribution in [3.05, 3.63) is 77.6 Å². The van der Waals surface area contributed by atoms with Crippen molar-refractivity contribution in [1.82, 2.24) is 9.97 Å². The zero-order chi connectivity index (χ0) is 21.5. The van der Waals surface area contributed by atoms with E-state index in [1.165, 1.54) is 7.11 Å². The fourth-order valence-corrected chi connectivity index (χ4v) is 3.34. The van der Waals surface area contributed by atoms with Crippen molar-refractivity contribution in [2.24, 2.45) is 0 Å².